The minimum absolute atomic E-state index is 0.0495. The van der Waals surface area contributed by atoms with Gasteiger partial charge in [0.25, 0.3) is 0 Å². The van der Waals surface area contributed by atoms with Gasteiger partial charge in [0.2, 0.25) is 0 Å². The van der Waals surface area contributed by atoms with Crippen LogP contribution >= 0.6 is 0 Å². The normalized spacial score (nSPS) is 17.9. The molecule has 1 aromatic carbocycles. The summed E-state index contributed by atoms with van der Waals surface area (Å²) in [7, 11) is 0. The van der Waals surface area contributed by atoms with E-state index >= 15 is 0 Å². The smallest absolute Gasteiger partial charge is 0.173 e. The van der Waals surface area contributed by atoms with Crippen LogP contribution in [0.3, 0.4) is 0 Å². The molecule has 1 aliphatic carbocycles. The Labute approximate surface area is 92.4 Å². The van der Waals surface area contributed by atoms with E-state index in [4.69, 9.17) is 5.73 Å². The number of hydrogen-bond acceptors (Lipinski definition) is 2. The summed E-state index contributed by atoms with van der Waals surface area (Å²) in [6.07, 6.45) is 2.32. The molecule has 1 saturated carbocycles. The molecule has 2 nitrogen and oxygen atoms in total. The number of carbonyl (C=O) groups is 1. The van der Waals surface area contributed by atoms with Crippen molar-refractivity contribution in [2.45, 2.75) is 19.3 Å². The summed E-state index contributed by atoms with van der Waals surface area (Å²) in [6.45, 7) is 0.225. The average molecular weight is 225 g/mol. The highest BCUT2D eigenvalue weighted by molar-refractivity contribution is 6.01. The first-order valence-corrected chi connectivity index (χ1v) is 5.29. The molecule has 16 heavy (non-hydrogen) atoms. The van der Waals surface area contributed by atoms with Crippen LogP contribution in [0.4, 0.5) is 8.78 Å². The van der Waals surface area contributed by atoms with Gasteiger partial charge in [-0.1, -0.05) is 6.42 Å². The van der Waals surface area contributed by atoms with Gasteiger partial charge in [0.1, 0.15) is 11.6 Å². The summed E-state index contributed by atoms with van der Waals surface area (Å²) in [5, 5.41) is 0. The monoisotopic (exact) mass is 225 g/mol. The van der Waals surface area contributed by atoms with Gasteiger partial charge in [0.15, 0.2) is 5.78 Å². The van der Waals surface area contributed by atoms with E-state index in [1.807, 2.05) is 0 Å². The fourth-order valence-electron chi connectivity index (χ4n) is 2.09. The van der Waals surface area contributed by atoms with Crippen molar-refractivity contribution in [3.63, 3.8) is 0 Å². The Morgan fingerprint density at radius 2 is 2.06 bits per heavy atom. The molecule has 0 amide bonds. The van der Waals surface area contributed by atoms with Crippen molar-refractivity contribution in [3.05, 3.63) is 35.4 Å². The van der Waals surface area contributed by atoms with E-state index in [0.29, 0.717) is 12.8 Å². The number of benzene rings is 1. The van der Waals surface area contributed by atoms with Gasteiger partial charge in [0, 0.05) is 18.0 Å². The van der Waals surface area contributed by atoms with Crippen molar-refractivity contribution in [1.82, 2.24) is 0 Å². The predicted octanol–water partition coefficient (Wildman–Crippen LogP) is 2.28. The molecule has 2 rings (SSSR count). The minimum Gasteiger partial charge on any atom is -0.329 e. The molecule has 1 fully saturated rings. The number of Topliss-reactive ketones (excluding diaryl/α,β-unsaturated/α-hetero) is 1. The molecule has 0 unspecified atom stereocenters. The molecule has 1 aromatic rings. The lowest BCUT2D eigenvalue weighted by Gasteiger charge is -2.39. The van der Waals surface area contributed by atoms with Crippen LogP contribution in [-0.4, -0.2) is 12.3 Å². The van der Waals surface area contributed by atoms with Gasteiger partial charge in [0.05, 0.1) is 5.56 Å². The molecule has 0 heterocycles. The predicted molar refractivity (Wildman–Crippen MR) is 56.0 cm³/mol. The van der Waals surface area contributed by atoms with Gasteiger partial charge in [-0.05, 0) is 25.0 Å². The third kappa shape index (κ3) is 1.63. The lowest BCUT2D eigenvalue weighted by atomic mass is 9.64. The Bertz CT molecular complexity index is 422. The third-order valence-electron chi connectivity index (χ3n) is 3.36. The first-order valence-electron chi connectivity index (χ1n) is 5.29. The quantitative estimate of drug-likeness (QED) is 0.802. The first-order chi connectivity index (χ1) is 7.59. The standard InChI is InChI=1S/C12H13F2NO/c13-8-2-3-9(10(14)6-8)11(16)12(7-15)4-1-5-12/h2-3,6H,1,4-5,7,15H2. The van der Waals surface area contributed by atoms with Crippen LogP contribution in [0.5, 0.6) is 0 Å². The van der Waals surface area contributed by atoms with Crippen molar-refractivity contribution in [2.75, 3.05) is 6.54 Å². The fraction of sp³-hybridized carbons (Fsp3) is 0.417. The first kappa shape index (κ1) is 11.2. The summed E-state index contributed by atoms with van der Waals surface area (Å²) in [5.41, 5.74) is 4.91. The largest absolute Gasteiger partial charge is 0.329 e. The second kappa shape index (κ2) is 3.94. The molecule has 1 aliphatic rings. The molecule has 2 N–H and O–H groups in total. The Balaban J connectivity index is 2.33. The molecule has 0 aromatic heterocycles. The fourth-order valence-corrected chi connectivity index (χ4v) is 2.09. The van der Waals surface area contributed by atoms with Gasteiger partial charge in [-0.2, -0.15) is 0 Å². The molecule has 0 spiro atoms. The number of rotatable bonds is 3. The SMILES string of the molecule is NCC1(C(=O)c2ccc(F)cc2F)CCC1. The zero-order chi connectivity index (χ0) is 11.8. The summed E-state index contributed by atoms with van der Waals surface area (Å²) >= 11 is 0. The van der Waals surface area contributed by atoms with Crippen molar-refractivity contribution < 1.29 is 13.6 Å². The van der Waals surface area contributed by atoms with Crippen LogP contribution in [0.15, 0.2) is 18.2 Å². The third-order valence-corrected chi connectivity index (χ3v) is 3.36. The second-order valence-corrected chi connectivity index (χ2v) is 4.29. The van der Waals surface area contributed by atoms with Crippen molar-refractivity contribution >= 4 is 5.78 Å². The van der Waals surface area contributed by atoms with E-state index in [-0.39, 0.29) is 17.9 Å². The number of halogens is 2. The van der Waals surface area contributed by atoms with E-state index in [0.717, 1.165) is 18.6 Å². The van der Waals surface area contributed by atoms with Crippen LogP contribution in [0.2, 0.25) is 0 Å². The molecule has 0 radical (unpaired) electrons. The van der Waals surface area contributed by atoms with E-state index in [9.17, 15) is 13.6 Å². The molecule has 0 aliphatic heterocycles. The summed E-state index contributed by atoms with van der Waals surface area (Å²) in [6, 6.07) is 3.03. The van der Waals surface area contributed by atoms with E-state index in [1.54, 1.807) is 0 Å². The Kier molecular flexibility index (Phi) is 2.76. The minimum atomic E-state index is -0.801. The van der Waals surface area contributed by atoms with Gasteiger partial charge in [-0.25, -0.2) is 8.78 Å². The van der Waals surface area contributed by atoms with Gasteiger partial charge in [-0.3, -0.25) is 4.79 Å². The van der Waals surface area contributed by atoms with E-state index < -0.39 is 17.0 Å². The molecule has 0 atom stereocenters. The Hall–Kier alpha value is -1.29. The maximum atomic E-state index is 13.4. The second-order valence-electron chi connectivity index (χ2n) is 4.29. The zero-order valence-corrected chi connectivity index (χ0v) is 8.80. The highest BCUT2D eigenvalue weighted by Crippen LogP contribution is 2.42. The van der Waals surface area contributed by atoms with Crippen molar-refractivity contribution in [1.29, 1.82) is 0 Å². The van der Waals surface area contributed by atoms with Gasteiger partial charge >= 0.3 is 0 Å². The van der Waals surface area contributed by atoms with Crippen molar-refractivity contribution in [3.8, 4) is 0 Å². The average Bonchev–Trinajstić information content (AvgIpc) is 2.16. The lowest BCUT2D eigenvalue weighted by molar-refractivity contribution is 0.0631. The molecule has 0 saturated heterocycles. The Morgan fingerprint density at radius 1 is 1.38 bits per heavy atom. The molecular weight excluding hydrogens is 212 g/mol. The van der Waals surface area contributed by atoms with Crippen LogP contribution < -0.4 is 5.73 Å². The number of nitrogens with two attached hydrogens (primary N) is 1. The van der Waals surface area contributed by atoms with E-state index in [2.05, 4.69) is 0 Å². The summed E-state index contributed by atoms with van der Waals surface area (Å²) in [5.74, 6) is -1.77. The summed E-state index contributed by atoms with van der Waals surface area (Å²) < 4.78 is 26.1. The maximum Gasteiger partial charge on any atom is 0.173 e. The van der Waals surface area contributed by atoms with Crippen LogP contribution in [0, 0.1) is 17.0 Å². The number of ketones is 1. The highest BCUT2D eigenvalue weighted by atomic mass is 19.1. The van der Waals surface area contributed by atoms with Crippen LogP contribution in [0.1, 0.15) is 29.6 Å². The lowest BCUT2D eigenvalue weighted by Crippen LogP contribution is -2.44. The molecule has 86 valence electrons. The van der Waals surface area contributed by atoms with Gasteiger partial charge in [-0.15, -0.1) is 0 Å². The van der Waals surface area contributed by atoms with Crippen LogP contribution in [-0.2, 0) is 0 Å². The number of carbonyl (C=O) groups excluding carboxylic acids is 1. The zero-order valence-electron chi connectivity index (χ0n) is 8.80. The topological polar surface area (TPSA) is 43.1 Å². The highest BCUT2D eigenvalue weighted by Gasteiger charge is 2.43. The van der Waals surface area contributed by atoms with Crippen LogP contribution in [0.25, 0.3) is 0 Å². The molecular formula is C12H13F2NO. The molecule has 4 heteroatoms. The maximum absolute atomic E-state index is 13.4. The van der Waals surface area contributed by atoms with E-state index in [1.165, 1.54) is 6.07 Å². The number of hydrogen-bond donors (Lipinski definition) is 1. The van der Waals surface area contributed by atoms with Crippen molar-refractivity contribution in [2.24, 2.45) is 11.1 Å². The Morgan fingerprint density at radius 3 is 2.50 bits per heavy atom. The summed E-state index contributed by atoms with van der Waals surface area (Å²) in [4.78, 5) is 12.1. The van der Waals surface area contributed by atoms with Gasteiger partial charge < -0.3 is 5.73 Å². The molecule has 0 bridgehead atoms.